The van der Waals surface area contributed by atoms with Crippen molar-refractivity contribution in [2.75, 3.05) is 0 Å². The van der Waals surface area contributed by atoms with E-state index in [2.05, 4.69) is 19.8 Å². The van der Waals surface area contributed by atoms with Gasteiger partial charge in [0.15, 0.2) is 11.5 Å². The van der Waals surface area contributed by atoms with Gasteiger partial charge in [0.25, 0.3) is 0 Å². The number of aromatic nitrogens is 1. The first-order chi connectivity index (χ1) is 9.55. The molecule has 0 bridgehead atoms. The molecule has 0 radical (unpaired) electrons. The van der Waals surface area contributed by atoms with Gasteiger partial charge in [-0.15, -0.1) is 20.1 Å². The minimum absolute atomic E-state index is 0.0277. The molecule has 0 amide bonds. The Bertz CT molecular complexity index is 604. The van der Waals surface area contributed by atoms with Crippen LogP contribution >= 0.6 is 11.3 Å². The van der Waals surface area contributed by atoms with Crippen LogP contribution in [0.3, 0.4) is 0 Å². The van der Waals surface area contributed by atoms with E-state index in [1.807, 2.05) is 12.3 Å². The summed E-state index contributed by atoms with van der Waals surface area (Å²) in [5.41, 5.74) is 3.30. The second kappa shape index (κ2) is 4.99. The number of para-hydroxylation sites is 1. The number of nitrogens with zero attached hydrogens (tertiary/aromatic N) is 1. The maximum Gasteiger partial charge on any atom is 0.586 e. The Balaban J connectivity index is 1.72. The van der Waals surface area contributed by atoms with Gasteiger partial charge in [0.05, 0.1) is 11.2 Å². The largest absolute Gasteiger partial charge is 0.586 e. The van der Waals surface area contributed by atoms with Gasteiger partial charge >= 0.3 is 6.29 Å². The van der Waals surface area contributed by atoms with Crippen molar-refractivity contribution in [2.45, 2.75) is 25.8 Å². The van der Waals surface area contributed by atoms with Gasteiger partial charge in [-0.1, -0.05) is 12.1 Å². The van der Waals surface area contributed by atoms with Crippen LogP contribution in [-0.2, 0) is 6.54 Å². The number of halogens is 2. The van der Waals surface area contributed by atoms with E-state index in [0.29, 0.717) is 12.1 Å². The Morgan fingerprint density at radius 3 is 3.00 bits per heavy atom. The van der Waals surface area contributed by atoms with E-state index in [0.717, 1.165) is 5.69 Å². The number of nitrogens with one attached hydrogen (secondary N) is 1. The van der Waals surface area contributed by atoms with E-state index in [1.165, 1.54) is 17.4 Å². The quantitative estimate of drug-likeness (QED) is 0.940. The Hall–Kier alpha value is -1.73. The van der Waals surface area contributed by atoms with Crippen LogP contribution in [0.4, 0.5) is 8.78 Å². The molecule has 0 fully saturated rings. The molecule has 1 aliphatic rings. The van der Waals surface area contributed by atoms with Gasteiger partial charge in [-0.05, 0) is 13.0 Å². The van der Waals surface area contributed by atoms with Gasteiger partial charge in [-0.25, -0.2) is 4.98 Å². The van der Waals surface area contributed by atoms with Crippen LogP contribution in [0.2, 0.25) is 0 Å². The van der Waals surface area contributed by atoms with Crippen LogP contribution in [0, 0.1) is 0 Å². The summed E-state index contributed by atoms with van der Waals surface area (Å²) in [6, 6.07) is 4.88. The number of ether oxygens (including phenoxy) is 2. The minimum Gasteiger partial charge on any atom is -0.395 e. The van der Waals surface area contributed by atoms with Crippen molar-refractivity contribution in [1.29, 1.82) is 0 Å². The van der Waals surface area contributed by atoms with Crippen LogP contribution in [-0.4, -0.2) is 11.3 Å². The summed E-state index contributed by atoms with van der Waals surface area (Å²) in [5.74, 6) is 0.158. The van der Waals surface area contributed by atoms with E-state index in [1.54, 1.807) is 17.6 Å². The van der Waals surface area contributed by atoms with Crippen molar-refractivity contribution in [3.8, 4) is 11.5 Å². The summed E-state index contributed by atoms with van der Waals surface area (Å²) in [7, 11) is 0. The summed E-state index contributed by atoms with van der Waals surface area (Å²) in [4.78, 5) is 4.20. The molecule has 1 aromatic carbocycles. The highest BCUT2D eigenvalue weighted by atomic mass is 32.1. The summed E-state index contributed by atoms with van der Waals surface area (Å²) in [6.07, 6.45) is -3.58. The molecule has 0 saturated carbocycles. The van der Waals surface area contributed by atoms with Crippen molar-refractivity contribution >= 4 is 11.3 Å². The highest BCUT2D eigenvalue weighted by Gasteiger charge is 2.44. The number of thiazole rings is 1. The van der Waals surface area contributed by atoms with Crippen LogP contribution < -0.4 is 14.8 Å². The van der Waals surface area contributed by atoms with Crippen LogP contribution in [0.25, 0.3) is 0 Å². The molecule has 3 rings (SSSR count). The predicted octanol–water partition coefficient (Wildman–Crippen LogP) is 3.32. The molecule has 1 unspecified atom stereocenters. The molecule has 1 aromatic heterocycles. The van der Waals surface area contributed by atoms with Gasteiger partial charge in [-0.3, -0.25) is 0 Å². The van der Waals surface area contributed by atoms with Crippen LogP contribution in [0.15, 0.2) is 29.1 Å². The molecule has 0 saturated heterocycles. The molecule has 1 N–H and O–H groups in total. The third-order valence-electron chi connectivity index (χ3n) is 3.00. The zero-order valence-corrected chi connectivity index (χ0v) is 11.4. The number of hydrogen-bond acceptors (Lipinski definition) is 5. The first kappa shape index (κ1) is 13.3. The molecule has 1 atom stereocenters. The maximum atomic E-state index is 13.1. The van der Waals surface area contributed by atoms with Crippen LogP contribution in [0.5, 0.6) is 11.5 Å². The van der Waals surface area contributed by atoms with Crippen LogP contribution in [0.1, 0.15) is 24.2 Å². The number of benzene rings is 1. The third kappa shape index (κ3) is 2.59. The van der Waals surface area contributed by atoms with E-state index in [9.17, 15) is 8.78 Å². The molecule has 0 aliphatic carbocycles. The van der Waals surface area contributed by atoms with E-state index in [4.69, 9.17) is 0 Å². The molecular formula is C13H12F2N2O2S. The maximum absolute atomic E-state index is 13.1. The monoisotopic (exact) mass is 298 g/mol. The minimum atomic E-state index is -3.58. The van der Waals surface area contributed by atoms with E-state index >= 15 is 0 Å². The van der Waals surface area contributed by atoms with Gasteiger partial charge < -0.3 is 14.8 Å². The summed E-state index contributed by atoms with van der Waals surface area (Å²) in [5, 5.41) is 5.17. The Labute approximate surface area is 118 Å². The van der Waals surface area contributed by atoms with Gasteiger partial charge in [-0.2, -0.15) is 0 Å². The second-order valence-electron chi connectivity index (χ2n) is 4.43. The average molecular weight is 298 g/mol. The summed E-state index contributed by atoms with van der Waals surface area (Å²) in [6.45, 7) is 2.35. The lowest BCUT2D eigenvalue weighted by Crippen LogP contribution is -2.26. The van der Waals surface area contributed by atoms with Crippen molar-refractivity contribution in [2.24, 2.45) is 0 Å². The Morgan fingerprint density at radius 1 is 1.40 bits per heavy atom. The predicted molar refractivity (Wildman–Crippen MR) is 70.0 cm³/mol. The van der Waals surface area contributed by atoms with Crippen molar-refractivity contribution in [3.05, 3.63) is 40.3 Å². The lowest BCUT2D eigenvalue weighted by molar-refractivity contribution is -0.286. The highest BCUT2D eigenvalue weighted by Crippen LogP contribution is 2.43. The lowest BCUT2D eigenvalue weighted by Gasteiger charge is -2.12. The first-order valence-electron chi connectivity index (χ1n) is 6.04. The number of fused-ring (bicyclic) bond motifs is 1. The van der Waals surface area contributed by atoms with Crippen molar-refractivity contribution < 1.29 is 18.3 Å². The molecule has 0 spiro atoms. The third-order valence-corrected chi connectivity index (χ3v) is 3.61. The zero-order chi connectivity index (χ0) is 14.2. The fraction of sp³-hybridized carbons (Fsp3) is 0.308. The highest BCUT2D eigenvalue weighted by molar-refractivity contribution is 7.07. The second-order valence-corrected chi connectivity index (χ2v) is 5.15. The molecule has 4 nitrogen and oxygen atoms in total. The molecule has 2 heterocycles. The van der Waals surface area contributed by atoms with Gasteiger partial charge in [0, 0.05) is 23.5 Å². The molecule has 1 aliphatic heterocycles. The number of rotatable bonds is 4. The van der Waals surface area contributed by atoms with E-state index < -0.39 is 6.29 Å². The Kier molecular flexibility index (Phi) is 3.31. The Morgan fingerprint density at radius 2 is 2.25 bits per heavy atom. The molecule has 2 aromatic rings. The van der Waals surface area contributed by atoms with Gasteiger partial charge in [0.2, 0.25) is 0 Å². The standard InChI is InChI=1S/C13H12F2N2O2S/c1-8(10-6-20-7-17-10)16-5-9-3-2-4-11-12(9)19-13(14,15)18-11/h2-4,6-8,16H,5H2,1H3. The summed E-state index contributed by atoms with van der Waals surface area (Å²) < 4.78 is 35.1. The van der Waals surface area contributed by atoms with Gasteiger partial charge in [0.1, 0.15) is 0 Å². The number of alkyl halides is 2. The van der Waals surface area contributed by atoms with Crippen molar-refractivity contribution in [1.82, 2.24) is 10.3 Å². The summed E-state index contributed by atoms with van der Waals surface area (Å²) >= 11 is 1.51. The number of hydrogen-bond donors (Lipinski definition) is 1. The fourth-order valence-electron chi connectivity index (χ4n) is 1.97. The molecule has 7 heteroatoms. The molecular weight excluding hydrogens is 286 g/mol. The SMILES string of the molecule is CC(NCc1cccc2c1OC(F)(F)O2)c1cscn1. The average Bonchev–Trinajstić information content (AvgIpc) is 3.01. The molecule has 20 heavy (non-hydrogen) atoms. The lowest BCUT2D eigenvalue weighted by atomic mass is 10.1. The first-order valence-corrected chi connectivity index (χ1v) is 6.98. The van der Waals surface area contributed by atoms with E-state index in [-0.39, 0.29) is 17.5 Å². The van der Waals surface area contributed by atoms with Crippen molar-refractivity contribution in [3.63, 3.8) is 0 Å². The fourth-order valence-corrected chi connectivity index (χ4v) is 2.62. The topological polar surface area (TPSA) is 43.4 Å². The molecule has 106 valence electrons. The smallest absolute Gasteiger partial charge is 0.395 e. The normalized spacial score (nSPS) is 17.1. The zero-order valence-electron chi connectivity index (χ0n) is 10.6.